The molecule has 2 heterocycles. The number of hydrogen-bond acceptors (Lipinski definition) is 5. The van der Waals surface area contributed by atoms with Crippen molar-refractivity contribution in [2.45, 2.75) is 45.1 Å². The van der Waals surface area contributed by atoms with Crippen LogP contribution < -0.4 is 5.32 Å². The van der Waals surface area contributed by atoms with Crippen molar-refractivity contribution in [2.24, 2.45) is 0 Å². The van der Waals surface area contributed by atoms with Crippen molar-refractivity contribution in [3.05, 3.63) is 11.7 Å². The van der Waals surface area contributed by atoms with Crippen LogP contribution in [0.4, 0.5) is 0 Å². The van der Waals surface area contributed by atoms with Crippen LogP contribution in [0.3, 0.4) is 0 Å². The monoisotopic (exact) mass is 239 g/mol. The van der Waals surface area contributed by atoms with E-state index < -0.39 is 0 Å². The predicted molar refractivity (Wildman–Crippen MR) is 63.9 cm³/mol. The van der Waals surface area contributed by atoms with Crippen molar-refractivity contribution in [2.75, 3.05) is 19.7 Å². The van der Waals surface area contributed by atoms with E-state index in [1.54, 1.807) is 0 Å². The van der Waals surface area contributed by atoms with E-state index in [2.05, 4.69) is 29.3 Å². The van der Waals surface area contributed by atoms with Gasteiger partial charge in [0.2, 0.25) is 5.89 Å². The van der Waals surface area contributed by atoms with Gasteiger partial charge in [-0.3, -0.25) is 0 Å². The average Bonchev–Trinajstić information content (AvgIpc) is 2.98. The van der Waals surface area contributed by atoms with Crippen LogP contribution in [0.25, 0.3) is 0 Å². The van der Waals surface area contributed by atoms with E-state index >= 15 is 0 Å². The van der Waals surface area contributed by atoms with Crippen LogP contribution in [0.2, 0.25) is 0 Å². The summed E-state index contributed by atoms with van der Waals surface area (Å²) in [5.41, 5.74) is 0. The predicted octanol–water partition coefficient (Wildman–Crippen LogP) is 1.50. The molecule has 0 amide bonds. The number of hydrogen-bond donors (Lipinski definition) is 1. The topological polar surface area (TPSA) is 60.2 Å². The highest BCUT2D eigenvalue weighted by atomic mass is 16.5. The van der Waals surface area contributed by atoms with Gasteiger partial charge in [0.15, 0.2) is 5.82 Å². The quantitative estimate of drug-likeness (QED) is 0.815. The number of ether oxygens (including phenoxy) is 1. The van der Waals surface area contributed by atoms with E-state index in [1.165, 1.54) is 0 Å². The van der Waals surface area contributed by atoms with Gasteiger partial charge in [0, 0.05) is 25.5 Å². The molecule has 2 rings (SSSR count). The Bertz CT molecular complexity index is 334. The second kappa shape index (κ2) is 6.12. The standard InChI is InChI=1S/C12H21N3O2/c1-3-13-8-9(2)12-14-11(15-17-12)7-10-5-4-6-16-10/h9-10,13H,3-8H2,1-2H3. The second-order valence-electron chi connectivity index (χ2n) is 4.60. The summed E-state index contributed by atoms with van der Waals surface area (Å²) in [6, 6.07) is 0. The zero-order valence-electron chi connectivity index (χ0n) is 10.6. The largest absolute Gasteiger partial charge is 0.378 e. The maximum atomic E-state index is 5.56. The summed E-state index contributed by atoms with van der Waals surface area (Å²) >= 11 is 0. The molecule has 1 N–H and O–H groups in total. The molecule has 2 unspecified atom stereocenters. The average molecular weight is 239 g/mol. The molecular formula is C12H21N3O2. The molecule has 0 saturated carbocycles. The first-order chi connectivity index (χ1) is 8.29. The third kappa shape index (κ3) is 3.51. The molecule has 0 spiro atoms. The molecule has 0 bridgehead atoms. The van der Waals surface area contributed by atoms with Gasteiger partial charge in [-0.15, -0.1) is 0 Å². The molecule has 1 aromatic heterocycles. The fraction of sp³-hybridized carbons (Fsp3) is 0.833. The molecule has 1 fully saturated rings. The molecule has 1 aliphatic rings. The fourth-order valence-electron chi connectivity index (χ4n) is 2.01. The normalized spacial score (nSPS) is 21.9. The van der Waals surface area contributed by atoms with E-state index in [0.29, 0.717) is 0 Å². The first-order valence-electron chi connectivity index (χ1n) is 6.44. The lowest BCUT2D eigenvalue weighted by Gasteiger charge is -2.06. The Morgan fingerprint density at radius 2 is 2.41 bits per heavy atom. The van der Waals surface area contributed by atoms with Gasteiger partial charge in [0.25, 0.3) is 0 Å². The number of likely N-dealkylation sites (N-methyl/N-ethyl adjacent to an activating group) is 1. The minimum Gasteiger partial charge on any atom is -0.378 e. The minimum atomic E-state index is 0.265. The lowest BCUT2D eigenvalue weighted by atomic mass is 10.1. The third-order valence-corrected chi connectivity index (χ3v) is 3.04. The molecule has 17 heavy (non-hydrogen) atoms. The van der Waals surface area contributed by atoms with E-state index in [0.717, 1.165) is 50.7 Å². The number of rotatable bonds is 6. The van der Waals surface area contributed by atoms with Gasteiger partial charge in [-0.25, -0.2) is 0 Å². The van der Waals surface area contributed by atoms with E-state index in [9.17, 15) is 0 Å². The van der Waals surface area contributed by atoms with Crippen molar-refractivity contribution in [1.82, 2.24) is 15.5 Å². The Labute approximate surface area is 102 Å². The smallest absolute Gasteiger partial charge is 0.230 e. The van der Waals surface area contributed by atoms with Crippen molar-refractivity contribution < 1.29 is 9.26 Å². The SMILES string of the molecule is CCNCC(C)c1nc(CC2CCCO2)no1. The molecule has 2 atom stereocenters. The fourth-order valence-corrected chi connectivity index (χ4v) is 2.01. The van der Waals surface area contributed by atoms with Crippen LogP contribution in [0.1, 0.15) is 44.3 Å². The van der Waals surface area contributed by atoms with Crippen LogP contribution in [-0.2, 0) is 11.2 Å². The maximum Gasteiger partial charge on any atom is 0.230 e. The third-order valence-electron chi connectivity index (χ3n) is 3.04. The van der Waals surface area contributed by atoms with Gasteiger partial charge in [-0.05, 0) is 19.4 Å². The van der Waals surface area contributed by atoms with E-state index in [4.69, 9.17) is 9.26 Å². The van der Waals surface area contributed by atoms with Crippen LogP contribution in [-0.4, -0.2) is 35.9 Å². The summed E-state index contributed by atoms with van der Waals surface area (Å²) in [5.74, 6) is 1.76. The molecule has 0 aliphatic carbocycles. The highest BCUT2D eigenvalue weighted by Gasteiger charge is 2.20. The summed E-state index contributed by atoms with van der Waals surface area (Å²) in [7, 11) is 0. The number of nitrogens with zero attached hydrogens (tertiary/aromatic N) is 2. The van der Waals surface area contributed by atoms with Gasteiger partial charge in [0.1, 0.15) is 0 Å². The molecule has 1 aromatic rings. The lowest BCUT2D eigenvalue weighted by Crippen LogP contribution is -2.19. The summed E-state index contributed by atoms with van der Waals surface area (Å²) in [5, 5.41) is 7.29. The van der Waals surface area contributed by atoms with Gasteiger partial charge >= 0.3 is 0 Å². The molecule has 5 nitrogen and oxygen atoms in total. The maximum absolute atomic E-state index is 5.56. The zero-order chi connectivity index (χ0) is 12.1. The second-order valence-corrected chi connectivity index (χ2v) is 4.60. The van der Waals surface area contributed by atoms with Crippen molar-refractivity contribution in [3.63, 3.8) is 0 Å². The Kier molecular flexibility index (Phi) is 4.50. The summed E-state index contributed by atoms with van der Waals surface area (Å²) < 4.78 is 10.8. The number of nitrogens with one attached hydrogen (secondary N) is 1. The van der Waals surface area contributed by atoms with Crippen LogP contribution in [0.15, 0.2) is 4.52 Å². The van der Waals surface area contributed by atoms with Crippen LogP contribution in [0.5, 0.6) is 0 Å². The van der Waals surface area contributed by atoms with E-state index in [1.807, 2.05) is 0 Å². The minimum absolute atomic E-state index is 0.265. The van der Waals surface area contributed by atoms with E-state index in [-0.39, 0.29) is 12.0 Å². The Morgan fingerprint density at radius 1 is 1.53 bits per heavy atom. The van der Waals surface area contributed by atoms with Crippen LogP contribution in [0, 0.1) is 0 Å². The van der Waals surface area contributed by atoms with Gasteiger partial charge in [0.05, 0.1) is 6.10 Å². The van der Waals surface area contributed by atoms with Crippen LogP contribution >= 0.6 is 0 Å². The molecule has 1 aliphatic heterocycles. The Hall–Kier alpha value is -0.940. The molecule has 96 valence electrons. The highest BCUT2D eigenvalue weighted by molar-refractivity contribution is 4.95. The lowest BCUT2D eigenvalue weighted by molar-refractivity contribution is 0.109. The zero-order valence-corrected chi connectivity index (χ0v) is 10.6. The Morgan fingerprint density at radius 3 is 3.12 bits per heavy atom. The van der Waals surface area contributed by atoms with Crippen molar-refractivity contribution in [3.8, 4) is 0 Å². The molecule has 1 saturated heterocycles. The van der Waals surface area contributed by atoms with Gasteiger partial charge in [-0.1, -0.05) is 19.0 Å². The number of aromatic nitrogens is 2. The van der Waals surface area contributed by atoms with Crippen molar-refractivity contribution >= 4 is 0 Å². The molecule has 5 heteroatoms. The van der Waals surface area contributed by atoms with Crippen molar-refractivity contribution in [1.29, 1.82) is 0 Å². The van der Waals surface area contributed by atoms with Gasteiger partial charge < -0.3 is 14.6 Å². The first kappa shape index (κ1) is 12.5. The summed E-state index contributed by atoms with van der Waals surface area (Å²) in [6.45, 7) is 6.88. The summed E-state index contributed by atoms with van der Waals surface area (Å²) in [6.07, 6.45) is 3.31. The highest BCUT2D eigenvalue weighted by Crippen LogP contribution is 2.17. The molecule has 0 radical (unpaired) electrons. The Balaban J connectivity index is 1.86. The van der Waals surface area contributed by atoms with Gasteiger partial charge in [-0.2, -0.15) is 4.98 Å². The molecule has 0 aromatic carbocycles. The summed E-state index contributed by atoms with van der Waals surface area (Å²) in [4.78, 5) is 4.43. The molecular weight excluding hydrogens is 218 g/mol. The first-order valence-corrected chi connectivity index (χ1v) is 6.44.